The van der Waals surface area contributed by atoms with Gasteiger partial charge in [-0.3, -0.25) is 9.79 Å². The van der Waals surface area contributed by atoms with Gasteiger partial charge in [-0.25, -0.2) is 0 Å². The summed E-state index contributed by atoms with van der Waals surface area (Å²) in [6.07, 6.45) is 6.71. The largest absolute Gasteiger partial charge is 0.368 e. The number of rotatable bonds is 3. The molecule has 0 atom stereocenters. The van der Waals surface area contributed by atoms with Gasteiger partial charge in [0.05, 0.1) is 6.54 Å². The van der Waals surface area contributed by atoms with Gasteiger partial charge < -0.3 is 20.0 Å². The third kappa shape index (κ3) is 5.16. The maximum absolute atomic E-state index is 12.7. The molecule has 1 saturated carbocycles. The first-order valence-electron chi connectivity index (χ1n) is 10.7. The molecule has 1 N–H and O–H groups in total. The molecule has 0 unspecified atom stereocenters. The maximum Gasteiger partial charge on any atom is 0.242 e. The molecule has 2 aliphatic heterocycles. The molecule has 0 aromatic heterocycles. The third-order valence-corrected chi connectivity index (χ3v) is 6.77. The van der Waals surface area contributed by atoms with Gasteiger partial charge in [-0.15, -0.1) is 24.0 Å². The maximum atomic E-state index is 12.7. The molecule has 29 heavy (non-hydrogen) atoms. The monoisotopic (exact) mass is 511 g/mol. The molecule has 1 aromatic carbocycles. The Morgan fingerprint density at radius 2 is 1.69 bits per heavy atom. The highest BCUT2D eigenvalue weighted by molar-refractivity contribution is 14.0. The lowest BCUT2D eigenvalue weighted by Gasteiger charge is -2.36. The van der Waals surface area contributed by atoms with Gasteiger partial charge in [-0.05, 0) is 36.8 Å². The minimum absolute atomic E-state index is 0. The van der Waals surface area contributed by atoms with Gasteiger partial charge in [0.2, 0.25) is 5.91 Å². The predicted octanol–water partition coefficient (Wildman–Crippen LogP) is 2.79. The molecule has 1 spiro atoms. The first-order valence-corrected chi connectivity index (χ1v) is 10.7. The summed E-state index contributed by atoms with van der Waals surface area (Å²) in [5.74, 6) is 1.06. The molecule has 2 saturated heterocycles. The Hall–Kier alpha value is -1.51. The van der Waals surface area contributed by atoms with Crippen LogP contribution in [0.3, 0.4) is 0 Å². The van der Waals surface area contributed by atoms with Crippen molar-refractivity contribution < 1.29 is 4.79 Å². The Morgan fingerprint density at radius 3 is 2.34 bits per heavy atom. The summed E-state index contributed by atoms with van der Waals surface area (Å²) in [4.78, 5) is 23.8. The van der Waals surface area contributed by atoms with Crippen LogP contribution in [0.1, 0.15) is 32.1 Å². The number of aliphatic imine (C=N–C) groups is 1. The number of para-hydroxylation sites is 1. The highest BCUT2D eigenvalue weighted by Gasteiger charge is 2.41. The normalized spacial score (nSPS) is 21.4. The molecule has 0 bridgehead atoms. The summed E-state index contributed by atoms with van der Waals surface area (Å²) < 4.78 is 0. The van der Waals surface area contributed by atoms with Crippen molar-refractivity contribution in [3.63, 3.8) is 0 Å². The number of nitrogens with zero attached hydrogens (tertiary/aromatic N) is 4. The summed E-state index contributed by atoms with van der Waals surface area (Å²) in [5.41, 5.74) is 1.75. The van der Waals surface area contributed by atoms with Crippen LogP contribution < -0.4 is 10.2 Å². The molecule has 3 aliphatic rings. The minimum atomic E-state index is 0. The number of hydrogen-bond donors (Lipinski definition) is 1. The first kappa shape index (κ1) is 22.2. The van der Waals surface area contributed by atoms with Crippen molar-refractivity contribution in [1.29, 1.82) is 0 Å². The van der Waals surface area contributed by atoms with Gasteiger partial charge in [0.15, 0.2) is 5.96 Å². The van der Waals surface area contributed by atoms with Crippen LogP contribution in [-0.4, -0.2) is 74.5 Å². The van der Waals surface area contributed by atoms with E-state index in [4.69, 9.17) is 0 Å². The summed E-state index contributed by atoms with van der Waals surface area (Å²) in [5, 5.41) is 3.33. The average molecular weight is 511 g/mol. The number of amides is 1. The Bertz CT molecular complexity index is 696. The van der Waals surface area contributed by atoms with Crippen molar-refractivity contribution >= 4 is 41.5 Å². The van der Waals surface area contributed by atoms with Crippen LogP contribution in [0, 0.1) is 5.41 Å². The lowest BCUT2D eigenvalue weighted by molar-refractivity contribution is -0.130. The van der Waals surface area contributed by atoms with E-state index in [0.29, 0.717) is 12.0 Å². The summed E-state index contributed by atoms with van der Waals surface area (Å²) in [7, 11) is 1.82. The predicted molar refractivity (Wildman–Crippen MR) is 129 cm³/mol. The number of halogens is 1. The van der Waals surface area contributed by atoms with Crippen LogP contribution in [0.25, 0.3) is 0 Å². The second-order valence-electron chi connectivity index (χ2n) is 8.48. The molecular weight excluding hydrogens is 477 g/mol. The SMILES string of the molecule is CN=C(NCC(=O)N1CCN(c2ccccc2)CC1)N1CCC2(CCCC2)C1.I. The number of hydrogen-bond acceptors (Lipinski definition) is 3. The highest BCUT2D eigenvalue weighted by atomic mass is 127. The van der Waals surface area contributed by atoms with E-state index in [1.54, 1.807) is 0 Å². The summed E-state index contributed by atoms with van der Waals surface area (Å²) in [6, 6.07) is 10.4. The van der Waals surface area contributed by atoms with Gasteiger partial charge in [0.1, 0.15) is 0 Å². The molecule has 1 aromatic rings. The Kier molecular flexibility index (Phi) is 7.65. The van der Waals surface area contributed by atoms with E-state index >= 15 is 0 Å². The fourth-order valence-electron chi connectivity index (χ4n) is 5.10. The molecule has 7 heteroatoms. The van der Waals surface area contributed by atoms with E-state index < -0.39 is 0 Å². The topological polar surface area (TPSA) is 51.2 Å². The number of carbonyl (C=O) groups excluding carboxylic acids is 1. The fourth-order valence-corrected chi connectivity index (χ4v) is 5.10. The summed E-state index contributed by atoms with van der Waals surface area (Å²) in [6.45, 7) is 5.82. The zero-order valence-corrected chi connectivity index (χ0v) is 19.8. The van der Waals surface area contributed by atoms with Crippen LogP contribution in [0.5, 0.6) is 0 Å². The number of nitrogens with one attached hydrogen (secondary N) is 1. The van der Waals surface area contributed by atoms with Gasteiger partial charge in [-0.2, -0.15) is 0 Å². The van der Waals surface area contributed by atoms with E-state index in [0.717, 1.165) is 45.2 Å². The van der Waals surface area contributed by atoms with Crippen LogP contribution in [0.15, 0.2) is 35.3 Å². The van der Waals surface area contributed by atoms with Gasteiger partial charge in [0, 0.05) is 52.0 Å². The minimum Gasteiger partial charge on any atom is -0.368 e. The zero-order valence-electron chi connectivity index (χ0n) is 17.5. The quantitative estimate of drug-likeness (QED) is 0.386. The number of benzene rings is 1. The van der Waals surface area contributed by atoms with Gasteiger partial charge >= 0.3 is 0 Å². The van der Waals surface area contributed by atoms with Crippen LogP contribution in [0.4, 0.5) is 5.69 Å². The first-order chi connectivity index (χ1) is 13.7. The lowest BCUT2D eigenvalue weighted by Crippen LogP contribution is -2.52. The van der Waals surface area contributed by atoms with Crippen molar-refractivity contribution in [2.24, 2.45) is 10.4 Å². The Morgan fingerprint density at radius 1 is 1.00 bits per heavy atom. The number of guanidine groups is 1. The number of anilines is 1. The number of likely N-dealkylation sites (tertiary alicyclic amines) is 1. The lowest BCUT2D eigenvalue weighted by atomic mass is 9.86. The molecular formula is C22H34IN5O. The molecule has 6 nitrogen and oxygen atoms in total. The number of carbonyl (C=O) groups is 1. The van der Waals surface area contributed by atoms with Crippen molar-refractivity contribution in [2.75, 3.05) is 57.8 Å². The molecule has 4 rings (SSSR count). The van der Waals surface area contributed by atoms with Crippen LogP contribution >= 0.6 is 24.0 Å². The molecule has 1 amide bonds. The van der Waals surface area contributed by atoms with E-state index in [1.165, 1.54) is 37.8 Å². The second kappa shape index (κ2) is 10.00. The average Bonchev–Trinajstić information content (AvgIpc) is 3.39. The van der Waals surface area contributed by atoms with Crippen molar-refractivity contribution in [3.8, 4) is 0 Å². The van der Waals surface area contributed by atoms with E-state index in [1.807, 2.05) is 18.0 Å². The number of piperazine rings is 1. The molecule has 3 fully saturated rings. The smallest absolute Gasteiger partial charge is 0.242 e. The van der Waals surface area contributed by atoms with Crippen molar-refractivity contribution in [2.45, 2.75) is 32.1 Å². The van der Waals surface area contributed by atoms with Gasteiger partial charge in [-0.1, -0.05) is 31.0 Å². The zero-order chi connectivity index (χ0) is 19.4. The van der Waals surface area contributed by atoms with Crippen LogP contribution in [0.2, 0.25) is 0 Å². The molecule has 160 valence electrons. The molecule has 1 aliphatic carbocycles. The fraction of sp³-hybridized carbons (Fsp3) is 0.636. The van der Waals surface area contributed by atoms with E-state index in [-0.39, 0.29) is 29.9 Å². The standard InChI is InChI=1S/C22H33N5O.HI/c1-23-21(27-12-11-22(18-27)9-5-6-10-22)24-17-20(28)26-15-13-25(14-16-26)19-7-3-2-4-8-19;/h2-4,7-8H,5-6,9-18H2,1H3,(H,23,24);1H. The van der Waals surface area contributed by atoms with Crippen molar-refractivity contribution in [1.82, 2.24) is 15.1 Å². The van der Waals surface area contributed by atoms with E-state index in [9.17, 15) is 4.79 Å². The second-order valence-corrected chi connectivity index (χ2v) is 8.48. The Labute approximate surface area is 191 Å². The van der Waals surface area contributed by atoms with Crippen LogP contribution in [-0.2, 0) is 4.79 Å². The van der Waals surface area contributed by atoms with Gasteiger partial charge in [0.25, 0.3) is 0 Å². The summed E-state index contributed by atoms with van der Waals surface area (Å²) >= 11 is 0. The highest BCUT2D eigenvalue weighted by Crippen LogP contribution is 2.45. The molecule has 0 radical (unpaired) electrons. The Balaban J connectivity index is 0.00000240. The molecule has 2 heterocycles. The van der Waals surface area contributed by atoms with Crippen molar-refractivity contribution in [3.05, 3.63) is 30.3 Å². The van der Waals surface area contributed by atoms with E-state index in [2.05, 4.69) is 44.4 Å². The third-order valence-electron chi connectivity index (χ3n) is 6.77.